The zero-order valence-electron chi connectivity index (χ0n) is 13.3. The molecule has 2 aromatic rings. The zero-order chi connectivity index (χ0) is 17.0. The number of aliphatic hydroxyl groups excluding tert-OH is 1. The van der Waals surface area contributed by atoms with E-state index in [4.69, 9.17) is 16.3 Å². The van der Waals surface area contributed by atoms with E-state index in [1.165, 1.54) is 12.3 Å². The highest BCUT2D eigenvalue weighted by molar-refractivity contribution is 6.32. The second-order valence-corrected chi connectivity index (χ2v) is 5.85. The summed E-state index contributed by atoms with van der Waals surface area (Å²) in [5.74, 6) is -0.0228. The Kier molecular flexibility index (Phi) is 5.58. The van der Waals surface area contributed by atoms with Crippen LogP contribution in [0.3, 0.4) is 0 Å². The highest BCUT2D eigenvalue weighted by atomic mass is 35.5. The molecule has 0 unspecified atom stereocenters. The number of rotatable bonds is 5. The van der Waals surface area contributed by atoms with Crippen molar-refractivity contribution in [2.24, 2.45) is 0 Å². The minimum absolute atomic E-state index is 0.0523. The van der Waals surface area contributed by atoms with Crippen LogP contribution in [0.2, 0.25) is 5.02 Å². The average Bonchev–Trinajstić information content (AvgIpc) is 2.51. The van der Waals surface area contributed by atoms with Crippen LogP contribution in [-0.4, -0.2) is 22.1 Å². The number of hydrogen-bond donors (Lipinski definition) is 2. The summed E-state index contributed by atoms with van der Waals surface area (Å²) in [4.78, 5) is 16.4. The van der Waals surface area contributed by atoms with Crippen molar-refractivity contribution in [2.45, 2.75) is 33.5 Å². The number of aromatic nitrogens is 1. The molecule has 23 heavy (non-hydrogen) atoms. The summed E-state index contributed by atoms with van der Waals surface area (Å²) < 4.78 is 5.44. The first-order valence-electron chi connectivity index (χ1n) is 7.24. The second kappa shape index (κ2) is 7.44. The predicted molar refractivity (Wildman–Crippen MR) is 90.1 cm³/mol. The summed E-state index contributed by atoms with van der Waals surface area (Å²) in [7, 11) is 0. The minimum Gasteiger partial charge on any atom is -0.474 e. The van der Waals surface area contributed by atoms with E-state index in [1.54, 1.807) is 6.07 Å². The number of carbonyl (C=O) groups is 1. The number of ether oxygens (including phenoxy) is 1. The van der Waals surface area contributed by atoms with Crippen LogP contribution in [0.25, 0.3) is 0 Å². The highest BCUT2D eigenvalue weighted by Crippen LogP contribution is 2.24. The predicted octanol–water partition coefficient (Wildman–Crippen LogP) is 3.58. The SMILES string of the molecule is Cc1ccc(CO)cc1NC(=O)c1cnc(OC(C)C)c(Cl)c1. The Morgan fingerprint density at radius 2 is 2.13 bits per heavy atom. The molecule has 122 valence electrons. The van der Waals surface area contributed by atoms with Gasteiger partial charge in [-0.2, -0.15) is 0 Å². The van der Waals surface area contributed by atoms with Crippen molar-refractivity contribution in [3.63, 3.8) is 0 Å². The Morgan fingerprint density at radius 1 is 1.39 bits per heavy atom. The number of nitrogens with zero attached hydrogens (tertiary/aromatic N) is 1. The number of benzene rings is 1. The monoisotopic (exact) mass is 334 g/mol. The van der Waals surface area contributed by atoms with Gasteiger partial charge < -0.3 is 15.2 Å². The van der Waals surface area contributed by atoms with Gasteiger partial charge in [-0.25, -0.2) is 4.98 Å². The van der Waals surface area contributed by atoms with Gasteiger partial charge in [-0.05, 0) is 44.0 Å². The second-order valence-electron chi connectivity index (χ2n) is 5.44. The number of nitrogens with one attached hydrogen (secondary N) is 1. The molecule has 0 aliphatic rings. The molecule has 0 radical (unpaired) electrons. The number of hydrogen-bond acceptors (Lipinski definition) is 4. The van der Waals surface area contributed by atoms with E-state index in [1.807, 2.05) is 32.9 Å². The molecule has 0 spiro atoms. The minimum atomic E-state index is -0.325. The molecule has 0 aliphatic carbocycles. The van der Waals surface area contributed by atoms with E-state index < -0.39 is 0 Å². The maximum atomic E-state index is 12.3. The van der Waals surface area contributed by atoms with Gasteiger partial charge in [0.25, 0.3) is 5.91 Å². The van der Waals surface area contributed by atoms with Crippen LogP contribution in [0.15, 0.2) is 30.5 Å². The van der Waals surface area contributed by atoms with Crippen molar-refractivity contribution < 1.29 is 14.6 Å². The molecule has 2 rings (SSSR count). The molecule has 5 nitrogen and oxygen atoms in total. The van der Waals surface area contributed by atoms with Gasteiger partial charge in [-0.3, -0.25) is 4.79 Å². The van der Waals surface area contributed by atoms with Crippen LogP contribution in [0, 0.1) is 6.92 Å². The van der Waals surface area contributed by atoms with Crippen molar-refractivity contribution in [3.05, 3.63) is 52.2 Å². The van der Waals surface area contributed by atoms with Crippen LogP contribution < -0.4 is 10.1 Å². The van der Waals surface area contributed by atoms with Gasteiger partial charge in [-0.15, -0.1) is 0 Å². The molecule has 1 aromatic heterocycles. The van der Waals surface area contributed by atoms with Crippen LogP contribution >= 0.6 is 11.6 Å². The lowest BCUT2D eigenvalue weighted by Crippen LogP contribution is -2.14. The summed E-state index contributed by atoms with van der Waals surface area (Å²) in [5.41, 5.74) is 2.59. The molecule has 0 saturated carbocycles. The number of pyridine rings is 1. The third-order valence-corrected chi connectivity index (χ3v) is 3.42. The number of aliphatic hydroxyl groups is 1. The number of anilines is 1. The molecule has 1 heterocycles. The molecule has 0 aliphatic heterocycles. The van der Waals surface area contributed by atoms with E-state index in [-0.39, 0.29) is 23.6 Å². The van der Waals surface area contributed by atoms with Gasteiger partial charge in [0.1, 0.15) is 5.02 Å². The van der Waals surface area contributed by atoms with Crippen molar-refractivity contribution in [1.82, 2.24) is 4.98 Å². The Labute approximate surface area is 140 Å². The summed E-state index contributed by atoms with van der Waals surface area (Å²) >= 11 is 6.10. The quantitative estimate of drug-likeness (QED) is 0.876. The Bertz CT molecular complexity index is 717. The van der Waals surface area contributed by atoms with Crippen molar-refractivity contribution in [2.75, 3.05) is 5.32 Å². The largest absolute Gasteiger partial charge is 0.474 e. The molecule has 0 fully saturated rings. The van der Waals surface area contributed by atoms with Gasteiger partial charge in [0.05, 0.1) is 18.3 Å². The summed E-state index contributed by atoms with van der Waals surface area (Å²) in [6.07, 6.45) is 1.37. The van der Waals surface area contributed by atoms with Gasteiger partial charge >= 0.3 is 0 Å². The number of aryl methyl sites for hydroxylation is 1. The first kappa shape index (κ1) is 17.2. The highest BCUT2D eigenvalue weighted by Gasteiger charge is 2.13. The number of carbonyl (C=O) groups excluding carboxylic acids is 1. The molecule has 0 atom stereocenters. The van der Waals surface area contributed by atoms with Gasteiger partial charge in [0, 0.05) is 11.9 Å². The Balaban J connectivity index is 2.19. The molecular formula is C17H19ClN2O3. The number of halogens is 1. The maximum absolute atomic E-state index is 12.3. The summed E-state index contributed by atoms with van der Waals surface area (Å²) in [5, 5.41) is 12.3. The Morgan fingerprint density at radius 3 is 2.74 bits per heavy atom. The fraction of sp³-hybridized carbons (Fsp3) is 0.294. The molecule has 0 saturated heterocycles. The standard InChI is InChI=1S/C17H19ClN2O3/c1-10(2)23-17-14(18)7-13(8-19-17)16(22)20-15-6-12(9-21)5-4-11(15)3/h4-8,10,21H,9H2,1-3H3,(H,20,22). The van der Waals surface area contributed by atoms with Crippen LogP contribution in [-0.2, 0) is 6.61 Å². The molecule has 0 bridgehead atoms. The molecule has 2 N–H and O–H groups in total. The maximum Gasteiger partial charge on any atom is 0.257 e. The van der Waals surface area contributed by atoms with Crippen LogP contribution in [0.4, 0.5) is 5.69 Å². The van der Waals surface area contributed by atoms with E-state index in [2.05, 4.69) is 10.3 Å². The molecule has 1 amide bonds. The van der Waals surface area contributed by atoms with Gasteiger partial charge in [0.15, 0.2) is 0 Å². The first-order chi connectivity index (χ1) is 10.9. The van der Waals surface area contributed by atoms with Crippen molar-refractivity contribution >= 4 is 23.2 Å². The molecular weight excluding hydrogens is 316 g/mol. The normalized spacial score (nSPS) is 10.7. The van der Waals surface area contributed by atoms with Crippen LogP contribution in [0.5, 0.6) is 5.88 Å². The van der Waals surface area contributed by atoms with E-state index in [9.17, 15) is 9.90 Å². The third-order valence-electron chi connectivity index (χ3n) is 3.15. The summed E-state index contributed by atoms with van der Waals surface area (Å²) in [6, 6.07) is 6.90. The average molecular weight is 335 g/mol. The Hall–Kier alpha value is -2.11. The third kappa shape index (κ3) is 4.43. The van der Waals surface area contributed by atoms with Gasteiger partial charge in [0.2, 0.25) is 5.88 Å². The lowest BCUT2D eigenvalue weighted by molar-refractivity contribution is 0.102. The van der Waals surface area contributed by atoms with Crippen LogP contribution in [0.1, 0.15) is 35.3 Å². The van der Waals surface area contributed by atoms with Gasteiger partial charge in [-0.1, -0.05) is 23.7 Å². The van der Waals surface area contributed by atoms with E-state index in [0.717, 1.165) is 11.1 Å². The van der Waals surface area contributed by atoms with Crippen molar-refractivity contribution in [3.8, 4) is 5.88 Å². The fourth-order valence-corrected chi connectivity index (χ4v) is 2.17. The fourth-order valence-electron chi connectivity index (χ4n) is 1.96. The topological polar surface area (TPSA) is 71.5 Å². The lowest BCUT2D eigenvalue weighted by Gasteiger charge is -2.12. The molecule has 1 aromatic carbocycles. The smallest absolute Gasteiger partial charge is 0.257 e. The lowest BCUT2D eigenvalue weighted by atomic mass is 10.1. The first-order valence-corrected chi connectivity index (χ1v) is 7.62. The zero-order valence-corrected chi connectivity index (χ0v) is 14.0. The van der Waals surface area contributed by atoms with E-state index in [0.29, 0.717) is 17.1 Å². The van der Waals surface area contributed by atoms with E-state index >= 15 is 0 Å². The number of amides is 1. The van der Waals surface area contributed by atoms with Crippen molar-refractivity contribution in [1.29, 1.82) is 0 Å². The molecule has 6 heteroatoms. The summed E-state index contributed by atoms with van der Waals surface area (Å²) in [6.45, 7) is 5.53.